The first kappa shape index (κ1) is 11.3. The summed E-state index contributed by atoms with van der Waals surface area (Å²) in [5, 5.41) is 0.630. The largest absolute Gasteiger partial charge is 0.454 e. The number of rotatable bonds is 1. The van der Waals surface area contributed by atoms with E-state index >= 15 is 0 Å². The topological polar surface area (TPSA) is 26.3 Å². The molecule has 90 valence electrons. The molecule has 1 aliphatic rings. The number of carbonyl (C=O) groups is 1. The van der Waals surface area contributed by atoms with E-state index in [9.17, 15) is 4.79 Å². The van der Waals surface area contributed by atoms with E-state index < -0.39 is 0 Å². The third-order valence-corrected chi connectivity index (χ3v) is 3.50. The molecule has 18 heavy (non-hydrogen) atoms. The SMILES string of the molecule is O=C1OC(c2ccccc2)Cc2c(Cl)cccc21. The number of hydrogen-bond donors (Lipinski definition) is 0. The number of fused-ring (bicyclic) bond motifs is 1. The monoisotopic (exact) mass is 258 g/mol. The zero-order valence-corrected chi connectivity index (χ0v) is 10.4. The molecular weight excluding hydrogens is 248 g/mol. The molecule has 1 unspecified atom stereocenters. The van der Waals surface area contributed by atoms with Gasteiger partial charge < -0.3 is 4.74 Å². The Morgan fingerprint density at radius 3 is 2.61 bits per heavy atom. The van der Waals surface area contributed by atoms with Crippen LogP contribution in [-0.2, 0) is 11.2 Å². The van der Waals surface area contributed by atoms with Crippen molar-refractivity contribution < 1.29 is 9.53 Å². The average Bonchev–Trinajstić information content (AvgIpc) is 2.41. The van der Waals surface area contributed by atoms with Crippen LogP contribution in [0.4, 0.5) is 0 Å². The molecule has 2 nitrogen and oxygen atoms in total. The van der Waals surface area contributed by atoms with Gasteiger partial charge in [0, 0.05) is 11.4 Å². The van der Waals surface area contributed by atoms with Crippen molar-refractivity contribution >= 4 is 17.6 Å². The van der Waals surface area contributed by atoms with Crippen LogP contribution < -0.4 is 0 Å². The minimum Gasteiger partial charge on any atom is -0.454 e. The van der Waals surface area contributed by atoms with Crippen LogP contribution in [0.3, 0.4) is 0 Å². The number of benzene rings is 2. The quantitative estimate of drug-likeness (QED) is 0.728. The maximum absolute atomic E-state index is 11.9. The zero-order valence-electron chi connectivity index (χ0n) is 9.60. The fraction of sp³-hybridized carbons (Fsp3) is 0.133. The van der Waals surface area contributed by atoms with Crippen molar-refractivity contribution in [2.75, 3.05) is 0 Å². The van der Waals surface area contributed by atoms with Gasteiger partial charge in [-0.25, -0.2) is 4.79 Å². The highest BCUT2D eigenvalue weighted by Gasteiger charge is 2.28. The minimum atomic E-state index is -0.299. The fourth-order valence-electron chi connectivity index (χ4n) is 2.23. The Morgan fingerprint density at radius 1 is 1.06 bits per heavy atom. The molecule has 1 heterocycles. The molecule has 1 aliphatic heterocycles. The van der Waals surface area contributed by atoms with Crippen LogP contribution in [0.25, 0.3) is 0 Å². The van der Waals surface area contributed by atoms with Gasteiger partial charge in [0.15, 0.2) is 0 Å². The average molecular weight is 259 g/mol. The minimum absolute atomic E-state index is 0.244. The van der Waals surface area contributed by atoms with Crippen LogP contribution in [0, 0.1) is 0 Å². The molecule has 0 amide bonds. The summed E-state index contributed by atoms with van der Waals surface area (Å²) in [6.07, 6.45) is 0.385. The molecule has 0 fully saturated rings. The summed E-state index contributed by atoms with van der Waals surface area (Å²) in [7, 11) is 0. The van der Waals surface area contributed by atoms with Crippen molar-refractivity contribution in [1.82, 2.24) is 0 Å². The summed E-state index contributed by atoms with van der Waals surface area (Å²) in [5.74, 6) is -0.299. The number of carbonyl (C=O) groups excluding carboxylic acids is 1. The van der Waals surface area contributed by atoms with E-state index in [2.05, 4.69) is 0 Å². The molecule has 0 aromatic heterocycles. The van der Waals surface area contributed by atoms with Gasteiger partial charge in [-0.05, 0) is 23.3 Å². The standard InChI is InChI=1S/C15H11ClO2/c16-13-8-4-7-11-12(13)9-14(18-15(11)17)10-5-2-1-3-6-10/h1-8,14H,9H2. The lowest BCUT2D eigenvalue weighted by Crippen LogP contribution is -2.22. The molecule has 2 aromatic carbocycles. The van der Waals surface area contributed by atoms with E-state index in [-0.39, 0.29) is 12.1 Å². The van der Waals surface area contributed by atoms with Gasteiger partial charge >= 0.3 is 5.97 Å². The highest BCUT2D eigenvalue weighted by atomic mass is 35.5. The smallest absolute Gasteiger partial charge is 0.339 e. The lowest BCUT2D eigenvalue weighted by Gasteiger charge is -2.25. The van der Waals surface area contributed by atoms with Gasteiger partial charge in [0.25, 0.3) is 0 Å². The molecule has 0 aliphatic carbocycles. The molecule has 0 N–H and O–H groups in total. The Bertz CT molecular complexity index is 593. The Hall–Kier alpha value is -1.80. The van der Waals surface area contributed by atoms with Crippen LogP contribution >= 0.6 is 11.6 Å². The van der Waals surface area contributed by atoms with E-state index in [1.54, 1.807) is 18.2 Å². The van der Waals surface area contributed by atoms with Gasteiger partial charge in [-0.15, -0.1) is 0 Å². The highest BCUT2D eigenvalue weighted by Crippen LogP contribution is 2.33. The third-order valence-electron chi connectivity index (χ3n) is 3.15. The Morgan fingerprint density at radius 2 is 1.83 bits per heavy atom. The van der Waals surface area contributed by atoms with Crippen LogP contribution in [0.5, 0.6) is 0 Å². The lowest BCUT2D eigenvalue weighted by molar-refractivity contribution is 0.0253. The molecule has 0 saturated heterocycles. The summed E-state index contributed by atoms with van der Waals surface area (Å²) in [6.45, 7) is 0. The molecular formula is C15H11ClO2. The first-order valence-corrected chi connectivity index (χ1v) is 6.17. The number of hydrogen-bond acceptors (Lipinski definition) is 2. The van der Waals surface area contributed by atoms with Gasteiger partial charge in [-0.3, -0.25) is 0 Å². The van der Waals surface area contributed by atoms with Gasteiger partial charge in [0.05, 0.1) is 5.56 Å². The summed E-state index contributed by atoms with van der Waals surface area (Å²) in [6, 6.07) is 15.1. The van der Waals surface area contributed by atoms with Gasteiger partial charge in [0.1, 0.15) is 6.10 Å². The summed E-state index contributed by atoms with van der Waals surface area (Å²) < 4.78 is 5.46. The van der Waals surface area contributed by atoms with Crippen LogP contribution in [-0.4, -0.2) is 5.97 Å². The second-order valence-corrected chi connectivity index (χ2v) is 4.68. The highest BCUT2D eigenvalue weighted by molar-refractivity contribution is 6.31. The summed E-state index contributed by atoms with van der Waals surface area (Å²) in [5.41, 5.74) is 2.45. The normalized spacial score (nSPS) is 18.1. The number of ether oxygens (including phenoxy) is 1. The maximum atomic E-state index is 11.9. The number of esters is 1. The van der Waals surface area contributed by atoms with Crippen LogP contribution in [0.15, 0.2) is 48.5 Å². The van der Waals surface area contributed by atoms with Crippen LogP contribution in [0.2, 0.25) is 5.02 Å². The molecule has 0 bridgehead atoms. The Kier molecular flexibility index (Phi) is 2.80. The molecule has 3 rings (SSSR count). The lowest BCUT2D eigenvalue weighted by atomic mass is 9.95. The molecule has 0 radical (unpaired) electrons. The predicted octanol–water partition coefficient (Wildman–Crippen LogP) is 3.79. The number of cyclic esters (lactones) is 1. The molecule has 0 spiro atoms. The second kappa shape index (κ2) is 4.46. The number of halogens is 1. The third kappa shape index (κ3) is 1.89. The summed E-state index contributed by atoms with van der Waals surface area (Å²) >= 11 is 6.15. The molecule has 0 saturated carbocycles. The molecule has 3 heteroatoms. The van der Waals surface area contributed by atoms with Crippen molar-refractivity contribution in [3.8, 4) is 0 Å². The second-order valence-electron chi connectivity index (χ2n) is 4.27. The van der Waals surface area contributed by atoms with E-state index in [1.165, 1.54) is 0 Å². The first-order valence-electron chi connectivity index (χ1n) is 5.79. The van der Waals surface area contributed by atoms with Crippen molar-refractivity contribution in [2.45, 2.75) is 12.5 Å². The van der Waals surface area contributed by atoms with E-state index in [0.717, 1.165) is 11.1 Å². The summed E-state index contributed by atoms with van der Waals surface area (Å²) in [4.78, 5) is 11.9. The van der Waals surface area contributed by atoms with E-state index in [1.807, 2.05) is 30.3 Å². The first-order chi connectivity index (χ1) is 8.75. The van der Waals surface area contributed by atoms with Gasteiger partial charge in [0.2, 0.25) is 0 Å². The fourth-order valence-corrected chi connectivity index (χ4v) is 2.48. The molecule has 1 atom stereocenters. The zero-order chi connectivity index (χ0) is 12.5. The Labute approximate surface area is 110 Å². The predicted molar refractivity (Wildman–Crippen MR) is 69.8 cm³/mol. The van der Waals surface area contributed by atoms with Gasteiger partial charge in [-0.2, -0.15) is 0 Å². The van der Waals surface area contributed by atoms with Crippen molar-refractivity contribution in [1.29, 1.82) is 0 Å². The van der Waals surface area contributed by atoms with Gasteiger partial charge in [-0.1, -0.05) is 48.0 Å². The van der Waals surface area contributed by atoms with Crippen molar-refractivity contribution in [3.05, 3.63) is 70.2 Å². The van der Waals surface area contributed by atoms with E-state index in [0.29, 0.717) is 17.0 Å². The Balaban J connectivity index is 2.01. The molecule has 2 aromatic rings. The van der Waals surface area contributed by atoms with Crippen molar-refractivity contribution in [2.24, 2.45) is 0 Å². The van der Waals surface area contributed by atoms with Crippen molar-refractivity contribution in [3.63, 3.8) is 0 Å². The maximum Gasteiger partial charge on any atom is 0.339 e. The van der Waals surface area contributed by atoms with E-state index in [4.69, 9.17) is 16.3 Å². The van der Waals surface area contributed by atoms with Crippen LogP contribution in [0.1, 0.15) is 27.6 Å².